The second-order valence-corrected chi connectivity index (χ2v) is 4.16. The molecule has 68 valence electrons. The van der Waals surface area contributed by atoms with E-state index in [-0.39, 0.29) is 12.0 Å². The van der Waals surface area contributed by atoms with Gasteiger partial charge in [0.2, 0.25) is 0 Å². The molecule has 1 saturated carbocycles. The molecule has 0 amide bonds. The second-order valence-electron chi connectivity index (χ2n) is 4.16. The average molecular weight is 169 g/mol. The van der Waals surface area contributed by atoms with Crippen molar-refractivity contribution in [3.63, 3.8) is 0 Å². The molecule has 1 aliphatic carbocycles. The van der Waals surface area contributed by atoms with E-state index in [1.165, 1.54) is 20.0 Å². The molecule has 1 heterocycles. The third-order valence-corrected chi connectivity index (χ3v) is 3.17. The van der Waals surface area contributed by atoms with E-state index in [1.807, 2.05) is 7.05 Å². The first-order valence-corrected chi connectivity index (χ1v) is 4.45. The lowest BCUT2D eigenvalue weighted by Crippen LogP contribution is -2.33. The lowest BCUT2D eigenvalue weighted by Gasteiger charge is -2.15. The molecule has 1 atom stereocenters. The fourth-order valence-electron chi connectivity index (χ4n) is 2.21. The fraction of sp³-hybridized carbons (Fsp3) is 0.889. The van der Waals surface area contributed by atoms with E-state index in [9.17, 15) is 4.79 Å². The van der Waals surface area contributed by atoms with Gasteiger partial charge in [0.1, 0.15) is 6.04 Å². The number of likely N-dealkylation sites (N-methyl/N-ethyl adjacent to an activating group) is 1. The highest BCUT2D eigenvalue weighted by Crippen LogP contribution is 2.54. The number of carbonyl (C=O) groups excluding carboxylic acids is 1. The maximum atomic E-state index is 11.3. The summed E-state index contributed by atoms with van der Waals surface area (Å²) in [5.41, 5.74) is 0.494. The topological polar surface area (TPSA) is 29.5 Å². The Bertz CT molecular complexity index is 211. The Morgan fingerprint density at radius 2 is 2.25 bits per heavy atom. The maximum Gasteiger partial charge on any atom is 0.323 e. The Hall–Kier alpha value is -0.570. The Kier molecular flexibility index (Phi) is 1.65. The molecule has 0 radical (unpaired) electrons. The van der Waals surface area contributed by atoms with Crippen LogP contribution >= 0.6 is 0 Å². The van der Waals surface area contributed by atoms with Crippen LogP contribution in [0.2, 0.25) is 0 Å². The van der Waals surface area contributed by atoms with Crippen LogP contribution in [0.5, 0.6) is 0 Å². The molecule has 0 aromatic heterocycles. The molecule has 2 rings (SSSR count). The van der Waals surface area contributed by atoms with Crippen LogP contribution in [-0.2, 0) is 9.53 Å². The Labute approximate surface area is 72.7 Å². The normalized spacial score (nSPS) is 32.3. The predicted molar refractivity (Wildman–Crippen MR) is 44.7 cm³/mol. The van der Waals surface area contributed by atoms with Crippen molar-refractivity contribution in [3.05, 3.63) is 0 Å². The van der Waals surface area contributed by atoms with Gasteiger partial charge >= 0.3 is 5.97 Å². The van der Waals surface area contributed by atoms with Gasteiger partial charge < -0.3 is 4.74 Å². The van der Waals surface area contributed by atoms with Crippen LogP contribution in [0.3, 0.4) is 0 Å². The van der Waals surface area contributed by atoms with Gasteiger partial charge in [0.15, 0.2) is 0 Å². The Morgan fingerprint density at radius 1 is 1.58 bits per heavy atom. The van der Waals surface area contributed by atoms with Gasteiger partial charge in [-0.3, -0.25) is 9.69 Å². The monoisotopic (exact) mass is 169 g/mol. The number of rotatable bonds is 1. The molecule has 1 aliphatic heterocycles. The van der Waals surface area contributed by atoms with E-state index in [1.54, 1.807) is 0 Å². The van der Waals surface area contributed by atoms with Gasteiger partial charge in [-0.15, -0.1) is 0 Å². The summed E-state index contributed by atoms with van der Waals surface area (Å²) in [6.07, 6.45) is 3.60. The molecular formula is C9H15NO2. The Morgan fingerprint density at radius 3 is 2.67 bits per heavy atom. The summed E-state index contributed by atoms with van der Waals surface area (Å²) in [6, 6.07) is 0.0255. The minimum absolute atomic E-state index is 0.0255. The first-order chi connectivity index (χ1) is 5.67. The summed E-state index contributed by atoms with van der Waals surface area (Å²) in [5, 5.41) is 0. The largest absolute Gasteiger partial charge is 0.468 e. The van der Waals surface area contributed by atoms with Gasteiger partial charge in [0.25, 0.3) is 0 Å². The molecule has 1 unspecified atom stereocenters. The smallest absolute Gasteiger partial charge is 0.323 e. The van der Waals surface area contributed by atoms with Crippen molar-refractivity contribution < 1.29 is 9.53 Å². The van der Waals surface area contributed by atoms with Gasteiger partial charge in [0.05, 0.1) is 7.11 Å². The predicted octanol–water partition coefficient (Wildman–Crippen LogP) is 0.644. The van der Waals surface area contributed by atoms with Crippen molar-refractivity contribution in [3.8, 4) is 0 Å². The van der Waals surface area contributed by atoms with Crippen LogP contribution in [0, 0.1) is 5.41 Å². The number of ether oxygens (including phenoxy) is 1. The minimum atomic E-state index is -0.0683. The zero-order chi connectivity index (χ0) is 8.77. The van der Waals surface area contributed by atoms with Crippen molar-refractivity contribution in [2.45, 2.75) is 25.3 Å². The van der Waals surface area contributed by atoms with Crippen molar-refractivity contribution in [2.75, 3.05) is 20.7 Å². The molecular weight excluding hydrogens is 154 g/mol. The van der Waals surface area contributed by atoms with Crippen LogP contribution < -0.4 is 0 Å². The molecule has 0 aromatic carbocycles. The van der Waals surface area contributed by atoms with Crippen LogP contribution in [0.1, 0.15) is 19.3 Å². The zero-order valence-corrected chi connectivity index (χ0v) is 7.67. The maximum absolute atomic E-state index is 11.3. The highest BCUT2D eigenvalue weighted by molar-refractivity contribution is 5.76. The average Bonchev–Trinajstić information content (AvgIpc) is 2.70. The van der Waals surface area contributed by atoms with Crippen molar-refractivity contribution in [1.82, 2.24) is 4.90 Å². The first kappa shape index (κ1) is 8.05. The molecule has 1 spiro atoms. The lowest BCUT2D eigenvalue weighted by molar-refractivity contribution is -0.145. The molecule has 0 bridgehead atoms. The summed E-state index contributed by atoms with van der Waals surface area (Å²) in [5.74, 6) is -0.0683. The second kappa shape index (κ2) is 2.46. The number of carbonyl (C=O) groups is 1. The lowest BCUT2D eigenvalue weighted by atomic mass is 10.0. The summed E-state index contributed by atoms with van der Waals surface area (Å²) < 4.78 is 4.75. The third-order valence-electron chi connectivity index (χ3n) is 3.17. The standard InChI is InChI=1S/C9H15NO2/c1-10-6-9(3-4-9)5-7(10)8(11)12-2/h7H,3-6H2,1-2H3. The molecule has 3 nitrogen and oxygen atoms in total. The van der Waals surface area contributed by atoms with Crippen LogP contribution in [0.4, 0.5) is 0 Å². The van der Waals surface area contributed by atoms with E-state index in [2.05, 4.69) is 4.90 Å². The van der Waals surface area contributed by atoms with Crippen molar-refractivity contribution >= 4 is 5.97 Å². The number of esters is 1. The number of hydrogen-bond donors (Lipinski definition) is 0. The van der Waals surface area contributed by atoms with Crippen molar-refractivity contribution in [1.29, 1.82) is 0 Å². The number of hydrogen-bond acceptors (Lipinski definition) is 3. The first-order valence-electron chi connectivity index (χ1n) is 4.45. The highest BCUT2D eigenvalue weighted by Gasteiger charge is 2.52. The zero-order valence-electron chi connectivity index (χ0n) is 7.67. The molecule has 0 aromatic rings. The van der Waals surface area contributed by atoms with E-state index in [0.29, 0.717) is 5.41 Å². The fourth-order valence-corrected chi connectivity index (χ4v) is 2.21. The van der Waals surface area contributed by atoms with Crippen LogP contribution in [0.15, 0.2) is 0 Å². The summed E-state index contributed by atoms with van der Waals surface area (Å²) in [7, 11) is 3.47. The van der Waals surface area contributed by atoms with E-state index < -0.39 is 0 Å². The van der Waals surface area contributed by atoms with Gasteiger partial charge in [0, 0.05) is 6.54 Å². The summed E-state index contributed by atoms with van der Waals surface area (Å²) >= 11 is 0. The third kappa shape index (κ3) is 1.12. The summed E-state index contributed by atoms with van der Waals surface area (Å²) in [6.45, 7) is 1.08. The van der Waals surface area contributed by atoms with Gasteiger partial charge in [-0.1, -0.05) is 0 Å². The van der Waals surface area contributed by atoms with Crippen LogP contribution in [-0.4, -0.2) is 37.6 Å². The minimum Gasteiger partial charge on any atom is -0.468 e. The number of nitrogens with zero attached hydrogens (tertiary/aromatic N) is 1. The van der Waals surface area contributed by atoms with Gasteiger partial charge in [-0.05, 0) is 31.7 Å². The SMILES string of the molecule is COC(=O)C1CC2(CC2)CN1C. The van der Waals surface area contributed by atoms with Crippen LogP contribution in [0.25, 0.3) is 0 Å². The molecule has 0 N–H and O–H groups in total. The number of likely N-dealkylation sites (tertiary alicyclic amines) is 1. The molecule has 2 aliphatic rings. The van der Waals surface area contributed by atoms with E-state index in [4.69, 9.17) is 4.74 Å². The van der Waals surface area contributed by atoms with Gasteiger partial charge in [-0.25, -0.2) is 0 Å². The molecule has 2 fully saturated rings. The molecule has 12 heavy (non-hydrogen) atoms. The van der Waals surface area contributed by atoms with Gasteiger partial charge in [-0.2, -0.15) is 0 Å². The molecule has 3 heteroatoms. The van der Waals surface area contributed by atoms with Crippen molar-refractivity contribution in [2.24, 2.45) is 5.41 Å². The van der Waals surface area contributed by atoms with E-state index >= 15 is 0 Å². The quantitative estimate of drug-likeness (QED) is 0.540. The number of methoxy groups -OCH3 is 1. The highest BCUT2D eigenvalue weighted by atomic mass is 16.5. The summed E-state index contributed by atoms with van der Waals surface area (Å²) in [4.78, 5) is 13.4. The molecule has 1 saturated heterocycles. The Balaban J connectivity index is 2.03. The van der Waals surface area contributed by atoms with E-state index in [0.717, 1.165) is 13.0 Å².